The van der Waals surface area contributed by atoms with Gasteiger partial charge in [-0.1, -0.05) is 0 Å². The number of aromatic nitrogens is 4. The van der Waals surface area contributed by atoms with Gasteiger partial charge in [-0.05, 0) is 12.1 Å². The Labute approximate surface area is 98.2 Å². The summed E-state index contributed by atoms with van der Waals surface area (Å²) in [6, 6.07) is 5.00. The quantitative estimate of drug-likeness (QED) is 0.724. The molecule has 0 aliphatic heterocycles. The van der Waals surface area contributed by atoms with Crippen LogP contribution in [0.15, 0.2) is 24.4 Å². The molecular weight excluding hydrogens is 220 g/mol. The molecule has 0 saturated heterocycles. The molecule has 0 atom stereocenters. The fourth-order valence-electron chi connectivity index (χ4n) is 1.39. The Balaban J connectivity index is 2.09. The summed E-state index contributed by atoms with van der Waals surface area (Å²) in [5.41, 5.74) is 1.03. The molecule has 2 heterocycles. The zero-order valence-corrected chi connectivity index (χ0v) is 9.62. The maximum absolute atomic E-state index is 11.8. The molecular formula is C11H12N4O2. The zero-order valence-electron chi connectivity index (χ0n) is 9.62. The Kier molecular flexibility index (Phi) is 3.13. The van der Waals surface area contributed by atoms with Gasteiger partial charge in [0.05, 0.1) is 19.2 Å². The molecule has 17 heavy (non-hydrogen) atoms. The van der Waals surface area contributed by atoms with Gasteiger partial charge in [0.2, 0.25) is 5.88 Å². The maximum Gasteiger partial charge on any atom is 0.233 e. The van der Waals surface area contributed by atoms with Gasteiger partial charge in [-0.2, -0.15) is 5.10 Å². The van der Waals surface area contributed by atoms with Crippen molar-refractivity contribution in [3.8, 4) is 5.88 Å². The van der Waals surface area contributed by atoms with E-state index in [4.69, 9.17) is 4.74 Å². The van der Waals surface area contributed by atoms with Crippen molar-refractivity contribution in [1.82, 2.24) is 20.0 Å². The molecule has 0 aromatic carbocycles. The van der Waals surface area contributed by atoms with Gasteiger partial charge in [0.15, 0.2) is 5.78 Å². The number of carbonyl (C=O) groups is 1. The van der Waals surface area contributed by atoms with Gasteiger partial charge >= 0.3 is 0 Å². The monoisotopic (exact) mass is 232 g/mol. The van der Waals surface area contributed by atoms with Crippen molar-refractivity contribution in [1.29, 1.82) is 0 Å². The zero-order chi connectivity index (χ0) is 12.3. The Hall–Kier alpha value is -2.24. The average molecular weight is 232 g/mol. The highest BCUT2D eigenvalue weighted by molar-refractivity contribution is 5.95. The van der Waals surface area contributed by atoms with Crippen LogP contribution in [0, 0.1) is 0 Å². The predicted molar refractivity (Wildman–Crippen MR) is 59.8 cm³/mol. The molecule has 0 radical (unpaired) electrons. The van der Waals surface area contributed by atoms with E-state index >= 15 is 0 Å². The average Bonchev–Trinajstić information content (AvgIpc) is 2.75. The molecule has 0 spiro atoms. The lowest BCUT2D eigenvalue weighted by Crippen LogP contribution is -2.08. The van der Waals surface area contributed by atoms with Crippen molar-refractivity contribution < 1.29 is 9.53 Å². The molecule has 2 aromatic rings. The Bertz CT molecular complexity index is 519. The minimum Gasteiger partial charge on any atom is -0.480 e. The second-order valence-corrected chi connectivity index (χ2v) is 3.54. The van der Waals surface area contributed by atoms with Crippen LogP contribution in [0.5, 0.6) is 5.88 Å². The lowest BCUT2D eigenvalue weighted by molar-refractivity contribution is 0.0986. The van der Waals surface area contributed by atoms with Crippen LogP contribution in [0.1, 0.15) is 16.2 Å². The van der Waals surface area contributed by atoms with Crippen molar-refractivity contribution in [3.05, 3.63) is 35.8 Å². The molecule has 0 fully saturated rings. The first kappa shape index (κ1) is 11.3. The minimum atomic E-state index is -0.112. The van der Waals surface area contributed by atoms with Gasteiger partial charge in [0, 0.05) is 19.3 Å². The molecule has 6 heteroatoms. The third kappa shape index (κ3) is 2.66. The second kappa shape index (κ2) is 4.73. The summed E-state index contributed by atoms with van der Waals surface area (Å²) < 4.78 is 6.53. The number of ketones is 1. The van der Waals surface area contributed by atoms with Crippen LogP contribution >= 0.6 is 0 Å². The second-order valence-electron chi connectivity index (χ2n) is 3.54. The molecule has 0 aliphatic carbocycles. The van der Waals surface area contributed by atoms with Crippen LogP contribution in [0.2, 0.25) is 0 Å². The third-order valence-electron chi connectivity index (χ3n) is 2.25. The Morgan fingerprint density at radius 3 is 2.71 bits per heavy atom. The highest BCUT2D eigenvalue weighted by Gasteiger charge is 2.11. The molecule has 0 amide bonds. The number of carbonyl (C=O) groups excluding carboxylic acids is 1. The SMILES string of the molecule is COc1ccc(C(=O)Cc2ccn(C)n2)nn1. The van der Waals surface area contributed by atoms with Gasteiger partial charge in [-0.15, -0.1) is 10.2 Å². The van der Waals surface area contributed by atoms with Gasteiger partial charge in [0.1, 0.15) is 5.69 Å². The van der Waals surface area contributed by atoms with Crippen LogP contribution in [0.3, 0.4) is 0 Å². The summed E-state index contributed by atoms with van der Waals surface area (Å²) in [6.07, 6.45) is 2.02. The smallest absolute Gasteiger partial charge is 0.233 e. The number of ether oxygens (including phenoxy) is 1. The van der Waals surface area contributed by atoms with Crippen LogP contribution < -0.4 is 4.74 Å². The third-order valence-corrected chi connectivity index (χ3v) is 2.25. The molecule has 0 bridgehead atoms. The van der Waals surface area contributed by atoms with Gasteiger partial charge < -0.3 is 4.74 Å². The number of hydrogen-bond donors (Lipinski definition) is 0. The lowest BCUT2D eigenvalue weighted by Gasteiger charge is -1.99. The number of aryl methyl sites for hydroxylation is 1. The number of methoxy groups -OCH3 is 1. The Morgan fingerprint density at radius 1 is 1.35 bits per heavy atom. The fraction of sp³-hybridized carbons (Fsp3) is 0.273. The summed E-state index contributed by atoms with van der Waals surface area (Å²) in [6.45, 7) is 0. The molecule has 0 unspecified atom stereocenters. The first-order valence-corrected chi connectivity index (χ1v) is 5.08. The summed E-state index contributed by atoms with van der Waals surface area (Å²) in [4.78, 5) is 11.8. The van der Waals surface area contributed by atoms with Crippen molar-refractivity contribution in [2.45, 2.75) is 6.42 Å². The van der Waals surface area contributed by atoms with Crippen molar-refractivity contribution >= 4 is 5.78 Å². The molecule has 6 nitrogen and oxygen atoms in total. The van der Waals surface area contributed by atoms with Gasteiger partial charge in [-0.25, -0.2) is 0 Å². The largest absolute Gasteiger partial charge is 0.480 e. The van der Waals surface area contributed by atoms with E-state index in [-0.39, 0.29) is 12.2 Å². The summed E-state index contributed by atoms with van der Waals surface area (Å²) in [5.74, 6) is 0.276. The van der Waals surface area contributed by atoms with E-state index in [2.05, 4.69) is 15.3 Å². The molecule has 0 saturated carbocycles. The van der Waals surface area contributed by atoms with Crippen molar-refractivity contribution in [2.75, 3.05) is 7.11 Å². The molecule has 0 N–H and O–H groups in total. The van der Waals surface area contributed by atoms with Crippen LogP contribution in [0.25, 0.3) is 0 Å². The van der Waals surface area contributed by atoms with E-state index in [1.54, 1.807) is 36.1 Å². The molecule has 2 rings (SSSR count). The first-order valence-electron chi connectivity index (χ1n) is 5.08. The summed E-state index contributed by atoms with van der Waals surface area (Å²) >= 11 is 0. The molecule has 2 aromatic heterocycles. The first-order chi connectivity index (χ1) is 8.19. The van der Waals surface area contributed by atoms with E-state index in [1.165, 1.54) is 7.11 Å². The van der Waals surface area contributed by atoms with E-state index < -0.39 is 0 Å². The van der Waals surface area contributed by atoms with E-state index in [1.807, 2.05) is 0 Å². The fourth-order valence-corrected chi connectivity index (χ4v) is 1.39. The van der Waals surface area contributed by atoms with E-state index in [9.17, 15) is 4.79 Å². The highest BCUT2D eigenvalue weighted by atomic mass is 16.5. The topological polar surface area (TPSA) is 69.9 Å². The molecule has 0 aliphatic rings. The molecule has 88 valence electrons. The number of nitrogens with zero attached hydrogens (tertiary/aromatic N) is 4. The minimum absolute atomic E-state index is 0.112. The summed E-state index contributed by atoms with van der Waals surface area (Å²) in [5, 5.41) is 11.7. The number of rotatable bonds is 4. The lowest BCUT2D eigenvalue weighted by atomic mass is 10.1. The van der Waals surface area contributed by atoms with Crippen LogP contribution in [-0.2, 0) is 13.5 Å². The predicted octanol–water partition coefficient (Wildman–Crippen LogP) is 0.644. The van der Waals surface area contributed by atoms with Gasteiger partial charge in [-0.3, -0.25) is 9.48 Å². The number of Topliss-reactive ketones (excluding diaryl/α,β-unsaturated/α-hetero) is 1. The number of hydrogen-bond acceptors (Lipinski definition) is 5. The van der Waals surface area contributed by atoms with Crippen LogP contribution in [0.4, 0.5) is 0 Å². The van der Waals surface area contributed by atoms with E-state index in [0.29, 0.717) is 11.6 Å². The normalized spacial score (nSPS) is 10.2. The van der Waals surface area contributed by atoms with Crippen molar-refractivity contribution in [2.24, 2.45) is 7.05 Å². The van der Waals surface area contributed by atoms with Crippen LogP contribution in [-0.4, -0.2) is 32.9 Å². The Morgan fingerprint density at radius 2 is 2.18 bits per heavy atom. The van der Waals surface area contributed by atoms with Gasteiger partial charge in [0.25, 0.3) is 0 Å². The maximum atomic E-state index is 11.8. The highest BCUT2D eigenvalue weighted by Crippen LogP contribution is 2.06. The van der Waals surface area contributed by atoms with Crippen molar-refractivity contribution in [3.63, 3.8) is 0 Å². The summed E-state index contributed by atoms with van der Waals surface area (Å²) in [7, 11) is 3.31. The standard InChI is InChI=1S/C11H12N4O2/c1-15-6-5-8(14-15)7-10(16)9-3-4-11(17-2)13-12-9/h3-6H,7H2,1-2H3. The van der Waals surface area contributed by atoms with E-state index in [0.717, 1.165) is 5.69 Å².